The second-order valence-electron chi connectivity index (χ2n) is 5.60. The van der Waals surface area contributed by atoms with Crippen molar-refractivity contribution in [3.8, 4) is 11.1 Å². The first-order valence-corrected chi connectivity index (χ1v) is 7.56. The summed E-state index contributed by atoms with van der Waals surface area (Å²) < 4.78 is 6.32. The van der Waals surface area contributed by atoms with Crippen molar-refractivity contribution in [1.29, 1.82) is 0 Å². The smallest absolute Gasteiger partial charge is 0.230 e. The van der Waals surface area contributed by atoms with Gasteiger partial charge in [-0.1, -0.05) is 39.6 Å². The van der Waals surface area contributed by atoms with Crippen LogP contribution in [0.2, 0.25) is 0 Å². The van der Waals surface area contributed by atoms with E-state index in [1.54, 1.807) is 0 Å². The van der Waals surface area contributed by atoms with Crippen LogP contribution in [0.5, 0.6) is 0 Å². The number of benzene rings is 1. The lowest BCUT2D eigenvalue weighted by molar-refractivity contribution is 0.424. The highest BCUT2D eigenvalue weighted by molar-refractivity contribution is 9.10. The fraction of sp³-hybridized carbons (Fsp3) is 0.400. The van der Waals surface area contributed by atoms with E-state index < -0.39 is 0 Å². The number of nitrogen functional groups attached to an aromatic ring is 1. The normalized spacial score (nSPS) is 28.4. The molecule has 1 aromatic heterocycles. The van der Waals surface area contributed by atoms with Crippen molar-refractivity contribution < 1.29 is 4.52 Å². The van der Waals surface area contributed by atoms with Gasteiger partial charge in [-0.05, 0) is 42.4 Å². The molecule has 2 saturated carbocycles. The van der Waals surface area contributed by atoms with Crippen molar-refractivity contribution in [2.24, 2.45) is 11.8 Å². The maximum atomic E-state index is 5.99. The molecular formula is C15H15BrN2O. The zero-order valence-corrected chi connectivity index (χ0v) is 12.1. The Labute approximate surface area is 120 Å². The van der Waals surface area contributed by atoms with Crippen LogP contribution >= 0.6 is 15.9 Å². The molecule has 4 rings (SSSR count). The summed E-state index contributed by atoms with van der Waals surface area (Å²) in [6.07, 6.45) is 4.03. The number of rotatable bonds is 2. The van der Waals surface area contributed by atoms with Gasteiger partial charge in [0.2, 0.25) is 5.88 Å². The largest absolute Gasteiger partial charge is 0.367 e. The van der Waals surface area contributed by atoms with Crippen LogP contribution in [-0.4, -0.2) is 5.16 Å². The highest BCUT2D eigenvalue weighted by Crippen LogP contribution is 2.64. The van der Waals surface area contributed by atoms with Gasteiger partial charge in [0.05, 0.1) is 11.3 Å². The van der Waals surface area contributed by atoms with Crippen LogP contribution < -0.4 is 5.73 Å². The minimum atomic E-state index is 0.443. The Morgan fingerprint density at radius 3 is 2.79 bits per heavy atom. The van der Waals surface area contributed by atoms with Gasteiger partial charge < -0.3 is 10.3 Å². The third-order valence-corrected chi connectivity index (χ3v) is 5.07. The molecule has 0 bridgehead atoms. The fourth-order valence-electron chi connectivity index (χ4n) is 3.70. The third kappa shape index (κ3) is 1.73. The van der Waals surface area contributed by atoms with Crippen LogP contribution in [0.1, 0.15) is 30.9 Å². The van der Waals surface area contributed by atoms with Crippen molar-refractivity contribution in [2.45, 2.75) is 25.2 Å². The van der Waals surface area contributed by atoms with Gasteiger partial charge in [-0.15, -0.1) is 0 Å². The third-order valence-electron chi connectivity index (χ3n) is 4.58. The van der Waals surface area contributed by atoms with Crippen LogP contribution in [0.4, 0.5) is 5.88 Å². The van der Waals surface area contributed by atoms with Crippen LogP contribution in [-0.2, 0) is 0 Å². The predicted molar refractivity (Wildman–Crippen MR) is 77.6 cm³/mol. The number of halogens is 1. The SMILES string of the molecule is Nc1onc(C2C3CCCC32)c1-c1cccc(Br)c1. The lowest BCUT2D eigenvalue weighted by Crippen LogP contribution is -1.93. The fourth-order valence-corrected chi connectivity index (χ4v) is 4.10. The first kappa shape index (κ1) is 11.5. The molecule has 2 unspecified atom stereocenters. The van der Waals surface area contributed by atoms with Crippen molar-refractivity contribution in [2.75, 3.05) is 5.73 Å². The molecule has 0 amide bonds. The average molecular weight is 319 g/mol. The van der Waals surface area contributed by atoms with Gasteiger partial charge in [-0.3, -0.25) is 0 Å². The van der Waals surface area contributed by atoms with Gasteiger partial charge in [0.1, 0.15) is 0 Å². The summed E-state index contributed by atoms with van der Waals surface area (Å²) in [5.74, 6) is 2.65. The van der Waals surface area contributed by atoms with E-state index in [9.17, 15) is 0 Å². The molecule has 19 heavy (non-hydrogen) atoms. The van der Waals surface area contributed by atoms with E-state index in [1.165, 1.54) is 19.3 Å². The van der Waals surface area contributed by atoms with Gasteiger partial charge in [-0.25, -0.2) is 0 Å². The molecule has 1 heterocycles. The molecule has 0 radical (unpaired) electrons. The number of nitrogens with zero attached hydrogens (tertiary/aromatic N) is 1. The minimum Gasteiger partial charge on any atom is -0.367 e. The van der Waals surface area contributed by atoms with Crippen LogP contribution in [0.15, 0.2) is 33.3 Å². The Balaban J connectivity index is 1.78. The van der Waals surface area contributed by atoms with Crippen LogP contribution in [0, 0.1) is 11.8 Å². The van der Waals surface area contributed by atoms with E-state index >= 15 is 0 Å². The highest BCUT2D eigenvalue weighted by atomic mass is 79.9. The molecule has 0 spiro atoms. The molecule has 98 valence electrons. The quantitative estimate of drug-likeness (QED) is 0.902. The number of anilines is 1. The molecule has 3 nitrogen and oxygen atoms in total. The first-order valence-electron chi connectivity index (χ1n) is 6.76. The van der Waals surface area contributed by atoms with E-state index in [-0.39, 0.29) is 0 Å². The van der Waals surface area contributed by atoms with E-state index in [0.29, 0.717) is 11.8 Å². The van der Waals surface area contributed by atoms with Crippen LogP contribution in [0.3, 0.4) is 0 Å². The van der Waals surface area contributed by atoms with Crippen molar-refractivity contribution in [3.63, 3.8) is 0 Å². The predicted octanol–water partition coefficient (Wildman–Crippen LogP) is 4.20. The zero-order chi connectivity index (χ0) is 13.0. The minimum absolute atomic E-state index is 0.443. The average Bonchev–Trinajstić information content (AvgIpc) is 2.78. The van der Waals surface area contributed by atoms with Gasteiger partial charge >= 0.3 is 0 Å². The molecule has 2 atom stereocenters. The summed E-state index contributed by atoms with van der Waals surface area (Å²) in [5, 5.41) is 4.25. The number of hydrogen-bond donors (Lipinski definition) is 1. The Hall–Kier alpha value is -1.29. The number of aromatic nitrogens is 1. The molecule has 2 aliphatic rings. The molecule has 1 aromatic carbocycles. The van der Waals surface area contributed by atoms with E-state index in [2.05, 4.69) is 33.2 Å². The van der Waals surface area contributed by atoms with E-state index in [4.69, 9.17) is 10.3 Å². The lowest BCUT2D eigenvalue weighted by atomic mass is 10.00. The summed E-state index contributed by atoms with van der Waals surface area (Å²) in [7, 11) is 0. The van der Waals surface area contributed by atoms with Crippen molar-refractivity contribution in [1.82, 2.24) is 5.16 Å². The lowest BCUT2D eigenvalue weighted by Gasteiger charge is -2.04. The second-order valence-corrected chi connectivity index (χ2v) is 6.52. The Bertz CT molecular complexity index is 627. The summed E-state index contributed by atoms with van der Waals surface area (Å²) in [6, 6.07) is 8.17. The maximum absolute atomic E-state index is 5.99. The van der Waals surface area contributed by atoms with E-state index in [0.717, 1.165) is 33.1 Å². The Morgan fingerprint density at radius 2 is 2.05 bits per heavy atom. The zero-order valence-electron chi connectivity index (χ0n) is 10.5. The Kier molecular flexibility index (Phi) is 2.49. The summed E-state index contributed by atoms with van der Waals surface area (Å²) in [6.45, 7) is 0. The number of nitrogens with two attached hydrogens (primary N) is 1. The van der Waals surface area contributed by atoms with Gasteiger partial charge in [0.15, 0.2) is 0 Å². The van der Waals surface area contributed by atoms with Crippen LogP contribution in [0.25, 0.3) is 11.1 Å². The summed E-state index contributed by atoms with van der Waals surface area (Å²) in [5.41, 5.74) is 9.16. The molecule has 2 aromatic rings. The van der Waals surface area contributed by atoms with Gasteiger partial charge in [0.25, 0.3) is 0 Å². The standard InChI is InChI=1S/C15H15BrN2O/c16-9-4-1-3-8(7-9)12-14(18-19-15(12)17)13-10-5-2-6-11(10)13/h1,3-4,7,10-11,13H,2,5-6,17H2. The molecule has 2 N–H and O–H groups in total. The van der Waals surface area contributed by atoms with Gasteiger partial charge in [-0.2, -0.15) is 0 Å². The molecule has 2 aliphatic carbocycles. The van der Waals surface area contributed by atoms with Crippen molar-refractivity contribution >= 4 is 21.8 Å². The topological polar surface area (TPSA) is 52.0 Å². The molecule has 2 fully saturated rings. The summed E-state index contributed by atoms with van der Waals surface area (Å²) in [4.78, 5) is 0. The highest BCUT2D eigenvalue weighted by Gasteiger charge is 2.55. The maximum Gasteiger partial charge on any atom is 0.230 e. The van der Waals surface area contributed by atoms with E-state index in [1.807, 2.05) is 12.1 Å². The molecule has 0 aliphatic heterocycles. The second kappa shape index (κ2) is 4.10. The number of fused-ring (bicyclic) bond motifs is 1. The van der Waals surface area contributed by atoms with Crippen molar-refractivity contribution in [3.05, 3.63) is 34.4 Å². The number of hydrogen-bond acceptors (Lipinski definition) is 3. The molecule has 4 heteroatoms. The molecular weight excluding hydrogens is 304 g/mol. The first-order chi connectivity index (χ1) is 9.25. The molecule has 0 saturated heterocycles. The summed E-state index contributed by atoms with van der Waals surface area (Å²) >= 11 is 3.51. The Morgan fingerprint density at radius 1 is 1.26 bits per heavy atom. The van der Waals surface area contributed by atoms with Gasteiger partial charge in [0, 0.05) is 10.4 Å². The monoisotopic (exact) mass is 318 g/mol.